The van der Waals surface area contributed by atoms with Crippen LogP contribution in [0.2, 0.25) is 0 Å². The van der Waals surface area contributed by atoms with E-state index in [1.54, 1.807) is 35.1 Å². The summed E-state index contributed by atoms with van der Waals surface area (Å²) >= 11 is 0. The number of carbonyl (C=O) groups is 2. The van der Waals surface area contributed by atoms with Crippen LogP contribution in [0.3, 0.4) is 0 Å². The lowest BCUT2D eigenvalue weighted by atomic mass is 10.1. The maximum Gasteiger partial charge on any atom is 0.254 e. The number of hydrogen-bond acceptors (Lipinski definition) is 5. The molecular weight excluding hydrogens is 336 g/mol. The highest BCUT2D eigenvalue weighted by Gasteiger charge is 2.25. The molecule has 0 unspecified atom stereocenters. The zero-order valence-electron chi connectivity index (χ0n) is 15.2. The van der Waals surface area contributed by atoms with Gasteiger partial charge in [-0.05, 0) is 31.0 Å². The molecule has 2 aliphatic rings. The molecule has 0 aliphatic carbocycles. The van der Waals surface area contributed by atoms with Crippen molar-refractivity contribution in [3.05, 3.63) is 29.8 Å². The molecule has 0 bridgehead atoms. The largest absolute Gasteiger partial charge is 0.497 e. The standard InChI is InChI=1S/C19H26N2O5/c1-24-16-5-2-4-15(12-16)19(23)21-9-7-20(8-10-21)18(22)14-25-13-17-6-3-11-26-17/h2,4-5,12,17H,3,6-11,13-14H2,1H3/t17-/m1/s1. The molecule has 26 heavy (non-hydrogen) atoms. The highest BCUT2D eigenvalue weighted by Crippen LogP contribution is 2.16. The first-order valence-electron chi connectivity index (χ1n) is 9.08. The van der Waals surface area contributed by atoms with Crippen molar-refractivity contribution in [1.82, 2.24) is 9.80 Å². The maximum atomic E-state index is 12.6. The SMILES string of the molecule is COc1cccc(C(=O)N2CCN(C(=O)COC[C@H]3CCCO3)CC2)c1. The predicted molar refractivity (Wildman–Crippen MR) is 95.3 cm³/mol. The third kappa shape index (κ3) is 4.74. The van der Waals surface area contributed by atoms with E-state index < -0.39 is 0 Å². The van der Waals surface area contributed by atoms with Gasteiger partial charge in [0, 0.05) is 38.3 Å². The molecule has 0 spiro atoms. The van der Waals surface area contributed by atoms with Crippen molar-refractivity contribution in [3.63, 3.8) is 0 Å². The van der Waals surface area contributed by atoms with Gasteiger partial charge in [0.2, 0.25) is 5.91 Å². The third-order valence-corrected chi connectivity index (χ3v) is 4.79. The van der Waals surface area contributed by atoms with E-state index in [4.69, 9.17) is 14.2 Å². The van der Waals surface area contributed by atoms with Crippen molar-refractivity contribution < 1.29 is 23.8 Å². The van der Waals surface area contributed by atoms with Crippen LogP contribution < -0.4 is 4.74 Å². The molecule has 0 aromatic heterocycles. The summed E-state index contributed by atoms with van der Waals surface area (Å²) in [6.45, 7) is 3.42. The van der Waals surface area contributed by atoms with Gasteiger partial charge >= 0.3 is 0 Å². The van der Waals surface area contributed by atoms with Gasteiger partial charge in [0.1, 0.15) is 12.4 Å². The lowest BCUT2D eigenvalue weighted by Gasteiger charge is -2.34. The normalized spacial score (nSPS) is 20.3. The zero-order valence-corrected chi connectivity index (χ0v) is 15.2. The maximum absolute atomic E-state index is 12.6. The lowest BCUT2D eigenvalue weighted by molar-refractivity contribution is -0.138. The topological polar surface area (TPSA) is 68.3 Å². The van der Waals surface area contributed by atoms with Gasteiger partial charge in [-0.3, -0.25) is 9.59 Å². The van der Waals surface area contributed by atoms with E-state index in [0.717, 1.165) is 19.4 Å². The van der Waals surface area contributed by atoms with Crippen LogP contribution in [0.1, 0.15) is 23.2 Å². The van der Waals surface area contributed by atoms with E-state index >= 15 is 0 Å². The number of rotatable bonds is 6. The Morgan fingerprint density at radius 1 is 1.19 bits per heavy atom. The summed E-state index contributed by atoms with van der Waals surface area (Å²) in [4.78, 5) is 28.4. The highest BCUT2D eigenvalue weighted by atomic mass is 16.5. The van der Waals surface area contributed by atoms with Crippen molar-refractivity contribution in [1.29, 1.82) is 0 Å². The van der Waals surface area contributed by atoms with Crippen LogP contribution in [0.4, 0.5) is 0 Å². The summed E-state index contributed by atoms with van der Waals surface area (Å²) in [5.41, 5.74) is 0.601. The number of piperazine rings is 1. The molecule has 2 amide bonds. The van der Waals surface area contributed by atoms with Crippen LogP contribution in [0.15, 0.2) is 24.3 Å². The van der Waals surface area contributed by atoms with Crippen LogP contribution in [0.5, 0.6) is 5.75 Å². The molecule has 2 aliphatic heterocycles. The van der Waals surface area contributed by atoms with Crippen LogP contribution in [-0.4, -0.2) is 80.8 Å². The second kappa shape index (κ2) is 9.00. The minimum atomic E-state index is -0.0365. The second-order valence-corrected chi connectivity index (χ2v) is 6.56. The Hall–Kier alpha value is -2.12. The van der Waals surface area contributed by atoms with Crippen molar-refractivity contribution >= 4 is 11.8 Å². The summed E-state index contributed by atoms with van der Waals surface area (Å²) in [5, 5.41) is 0. The monoisotopic (exact) mass is 362 g/mol. The molecule has 7 nitrogen and oxygen atoms in total. The van der Waals surface area contributed by atoms with Crippen molar-refractivity contribution in [2.75, 3.05) is 53.1 Å². The fourth-order valence-corrected chi connectivity index (χ4v) is 3.24. The average molecular weight is 362 g/mol. The molecule has 7 heteroatoms. The third-order valence-electron chi connectivity index (χ3n) is 4.79. The van der Waals surface area contributed by atoms with Crippen molar-refractivity contribution in [3.8, 4) is 5.75 Å². The molecule has 1 aromatic rings. The fraction of sp³-hybridized carbons (Fsp3) is 0.579. The molecule has 3 rings (SSSR count). The first kappa shape index (κ1) is 18.7. The smallest absolute Gasteiger partial charge is 0.254 e. The van der Waals surface area contributed by atoms with E-state index in [1.165, 1.54) is 0 Å². The molecular formula is C19H26N2O5. The molecule has 2 saturated heterocycles. The van der Waals surface area contributed by atoms with E-state index in [0.29, 0.717) is 44.1 Å². The minimum Gasteiger partial charge on any atom is -0.497 e. The summed E-state index contributed by atoms with van der Waals surface area (Å²) in [7, 11) is 1.58. The molecule has 2 fully saturated rings. The predicted octanol–water partition coefficient (Wildman–Crippen LogP) is 1.18. The van der Waals surface area contributed by atoms with E-state index in [2.05, 4.69) is 0 Å². The van der Waals surface area contributed by atoms with Crippen LogP contribution in [0.25, 0.3) is 0 Å². The summed E-state index contributed by atoms with van der Waals surface area (Å²) in [5.74, 6) is 0.593. The van der Waals surface area contributed by atoms with Gasteiger partial charge in [0.25, 0.3) is 5.91 Å². The van der Waals surface area contributed by atoms with Gasteiger partial charge in [-0.1, -0.05) is 6.07 Å². The fourth-order valence-electron chi connectivity index (χ4n) is 3.24. The van der Waals surface area contributed by atoms with Crippen LogP contribution in [0, 0.1) is 0 Å². The molecule has 2 heterocycles. The molecule has 142 valence electrons. The number of amides is 2. The Morgan fingerprint density at radius 3 is 2.65 bits per heavy atom. The van der Waals surface area contributed by atoms with Crippen molar-refractivity contribution in [2.24, 2.45) is 0 Å². The Kier molecular flexibility index (Phi) is 6.46. The van der Waals surface area contributed by atoms with Gasteiger partial charge in [0.05, 0.1) is 19.8 Å². The van der Waals surface area contributed by atoms with Crippen LogP contribution >= 0.6 is 0 Å². The number of nitrogens with zero attached hydrogens (tertiary/aromatic N) is 2. The molecule has 0 N–H and O–H groups in total. The quantitative estimate of drug-likeness (QED) is 0.760. The Morgan fingerprint density at radius 2 is 1.96 bits per heavy atom. The number of ether oxygens (including phenoxy) is 3. The second-order valence-electron chi connectivity index (χ2n) is 6.56. The van der Waals surface area contributed by atoms with E-state index in [9.17, 15) is 9.59 Å². The summed E-state index contributed by atoms with van der Waals surface area (Å²) in [6, 6.07) is 7.13. The molecule has 0 saturated carbocycles. The highest BCUT2D eigenvalue weighted by molar-refractivity contribution is 5.94. The molecule has 0 radical (unpaired) electrons. The lowest BCUT2D eigenvalue weighted by Crippen LogP contribution is -2.51. The van der Waals surface area contributed by atoms with E-state index in [-0.39, 0.29) is 24.5 Å². The Labute approximate surface area is 153 Å². The first-order valence-corrected chi connectivity index (χ1v) is 9.08. The number of carbonyl (C=O) groups excluding carboxylic acids is 2. The van der Waals surface area contributed by atoms with Gasteiger partial charge in [-0.2, -0.15) is 0 Å². The van der Waals surface area contributed by atoms with E-state index in [1.807, 2.05) is 6.07 Å². The Balaban J connectivity index is 1.42. The molecule has 1 aromatic carbocycles. The summed E-state index contributed by atoms with van der Waals surface area (Å²) in [6.07, 6.45) is 2.19. The first-order chi connectivity index (χ1) is 12.7. The van der Waals surface area contributed by atoms with Crippen LogP contribution in [-0.2, 0) is 14.3 Å². The van der Waals surface area contributed by atoms with Gasteiger partial charge in [-0.25, -0.2) is 0 Å². The zero-order chi connectivity index (χ0) is 18.4. The Bertz CT molecular complexity index is 622. The van der Waals surface area contributed by atoms with Gasteiger partial charge in [0.15, 0.2) is 0 Å². The average Bonchev–Trinajstić information content (AvgIpc) is 3.21. The van der Waals surface area contributed by atoms with Gasteiger partial charge < -0.3 is 24.0 Å². The number of hydrogen-bond donors (Lipinski definition) is 0. The van der Waals surface area contributed by atoms with Gasteiger partial charge in [-0.15, -0.1) is 0 Å². The molecule has 1 atom stereocenters. The number of benzene rings is 1. The summed E-state index contributed by atoms with van der Waals surface area (Å²) < 4.78 is 16.1. The van der Waals surface area contributed by atoms with Crippen molar-refractivity contribution in [2.45, 2.75) is 18.9 Å². The minimum absolute atomic E-state index is 0.0310. The number of methoxy groups -OCH3 is 1.